The fourth-order valence-corrected chi connectivity index (χ4v) is 2.76. The van der Waals surface area contributed by atoms with Crippen molar-refractivity contribution in [3.8, 4) is 0 Å². The van der Waals surface area contributed by atoms with E-state index < -0.39 is 4.75 Å². The third-order valence-electron chi connectivity index (χ3n) is 2.06. The molecule has 1 aromatic rings. The molecule has 0 spiro atoms. The lowest BCUT2D eigenvalue weighted by molar-refractivity contribution is -0.145. The number of carbonyl (C=O) groups is 1. The molecule has 1 aromatic heterocycles. The fraction of sp³-hybridized carbons (Fsp3) is 0.500. The van der Waals surface area contributed by atoms with Gasteiger partial charge in [0.05, 0.1) is 6.61 Å². The zero-order chi connectivity index (χ0) is 10.6. The normalized spacial score (nSPS) is 14.8. The standard InChI is InChI=1S/C10H14O2S2/c1-4-12-9(11)10(2,13-3)8-6-5-7-14-8/h5-7H,4H2,1-3H3. The summed E-state index contributed by atoms with van der Waals surface area (Å²) in [5, 5.41) is 1.98. The molecule has 0 saturated heterocycles. The zero-order valence-corrected chi connectivity index (χ0v) is 10.2. The molecule has 0 radical (unpaired) electrons. The molecule has 0 aliphatic rings. The molecule has 0 bridgehead atoms. The summed E-state index contributed by atoms with van der Waals surface area (Å²) in [4.78, 5) is 12.8. The first-order chi connectivity index (χ1) is 6.65. The van der Waals surface area contributed by atoms with Crippen LogP contribution in [0.15, 0.2) is 17.5 Å². The predicted octanol–water partition coefficient (Wildman–Crippen LogP) is 2.89. The van der Waals surface area contributed by atoms with Crippen molar-refractivity contribution in [3.63, 3.8) is 0 Å². The Kier molecular flexibility index (Phi) is 4.01. The first-order valence-corrected chi connectivity index (χ1v) is 6.52. The lowest BCUT2D eigenvalue weighted by Crippen LogP contribution is -2.29. The average Bonchev–Trinajstić information content (AvgIpc) is 2.70. The van der Waals surface area contributed by atoms with E-state index in [9.17, 15) is 4.79 Å². The second-order valence-corrected chi connectivity index (χ2v) is 5.11. The molecular weight excluding hydrogens is 216 g/mol. The molecule has 1 atom stereocenters. The molecule has 4 heteroatoms. The second-order valence-electron chi connectivity index (χ2n) is 2.94. The Hall–Kier alpha value is -0.480. The van der Waals surface area contributed by atoms with Crippen molar-refractivity contribution in [2.45, 2.75) is 18.6 Å². The number of rotatable bonds is 4. The van der Waals surface area contributed by atoms with Crippen molar-refractivity contribution in [3.05, 3.63) is 22.4 Å². The first kappa shape index (κ1) is 11.6. The largest absolute Gasteiger partial charge is 0.465 e. The Balaban J connectivity index is 2.92. The maximum absolute atomic E-state index is 11.8. The summed E-state index contributed by atoms with van der Waals surface area (Å²) in [7, 11) is 0. The Morgan fingerprint density at radius 2 is 2.43 bits per heavy atom. The van der Waals surface area contributed by atoms with Crippen LogP contribution in [-0.2, 0) is 14.3 Å². The van der Waals surface area contributed by atoms with Gasteiger partial charge in [-0.25, -0.2) is 0 Å². The van der Waals surface area contributed by atoms with Gasteiger partial charge in [-0.3, -0.25) is 4.79 Å². The number of hydrogen-bond acceptors (Lipinski definition) is 4. The molecule has 78 valence electrons. The number of hydrogen-bond donors (Lipinski definition) is 0. The molecule has 1 rings (SSSR count). The first-order valence-electron chi connectivity index (χ1n) is 4.41. The van der Waals surface area contributed by atoms with Crippen molar-refractivity contribution in [1.82, 2.24) is 0 Å². The van der Waals surface area contributed by atoms with E-state index in [2.05, 4.69) is 0 Å². The second kappa shape index (κ2) is 4.84. The number of thioether (sulfide) groups is 1. The topological polar surface area (TPSA) is 26.3 Å². The van der Waals surface area contributed by atoms with Gasteiger partial charge in [-0.05, 0) is 31.5 Å². The van der Waals surface area contributed by atoms with Gasteiger partial charge in [-0.15, -0.1) is 23.1 Å². The minimum Gasteiger partial charge on any atom is -0.465 e. The van der Waals surface area contributed by atoms with Crippen LogP contribution in [0.4, 0.5) is 0 Å². The number of carbonyl (C=O) groups excluding carboxylic acids is 1. The van der Waals surface area contributed by atoms with Crippen molar-refractivity contribution < 1.29 is 9.53 Å². The fourth-order valence-electron chi connectivity index (χ4n) is 1.10. The Morgan fingerprint density at radius 3 is 2.86 bits per heavy atom. The van der Waals surface area contributed by atoms with Crippen molar-refractivity contribution in [2.24, 2.45) is 0 Å². The van der Waals surface area contributed by atoms with Crippen molar-refractivity contribution in [2.75, 3.05) is 12.9 Å². The van der Waals surface area contributed by atoms with Gasteiger partial charge in [0.15, 0.2) is 0 Å². The number of esters is 1. The molecule has 0 fully saturated rings. The average molecular weight is 230 g/mol. The van der Waals surface area contributed by atoms with Gasteiger partial charge < -0.3 is 4.74 Å². The highest BCUT2D eigenvalue weighted by molar-refractivity contribution is 8.00. The number of thiophene rings is 1. The molecular formula is C10H14O2S2. The van der Waals surface area contributed by atoms with E-state index in [0.717, 1.165) is 4.88 Å². The van der Waals surface area contributed by atoms with Gasteiger partial charge >= 0.3 is 5.97 Å². The molecule has 0 aliphatic heterocycles. The van der Waals surface area contributed by atoms with E-state index in [-0.39, 0.29) is 5.97 Å². The van der Waals surface area contributed by atoms with Gasteiger partial charge in [0.1, 0.15) is 4.75 Å². The molecule has 1 unspecified atom stereocenters. The van der Waals surface area contributed by atoms with Crippen LogP contribution in [0.3, 0.4) is 0 Å². The molecule has 0 aromatic carbocycles. The molecule has 0 saturated carbocycles. The van der Waals surface area contributed by atoms with Crippen LogP contribution in [-0.4, -0.2) is 18.8 Å². The Bertz CT molecular complexity index is 295. The van der Waals surface area contributed by atoms with Crippen LogP contribution < -0.4 is 0 Å². The summed E-state index contributed by atoms with van der Waals surface area (Å²) < 4.78 is 4.52. The van der Waals surface area contributed by atoms with Gasteiger partial charge in [0, 0.05) is 4.88 Å². The molecule has 1 heterocycles. The summed E-state index contributed by atoms with van der Waals surface area (Å²) in [5.41, 5.74) is 0. The molecule has 14 heavy (non-hydrogen) atoms. The highest BCUT2D eigenvalue weighted by atomic mass is 32.2. The predicted molar refractivity (Wildman–Crippen MR) is 61.8 cm³/mol. The lowest BCUT2D eigenvalue weighted by atomic mass is 10.1. The minimum atomic E-state index is -0.551. The van der Waals surface area contributed by atoms with Gasteiger partial charge in [0.25, 0.3) is 0 Å². The van der Waals surface area contributed by atoms with E-state index in [0.29, 0.717) is 6.61 Å². The van der Waals surface area contributed by atoms with E-state index >= 15 is 0 Å². The molecule has 0 amide bonds. The van der Waals surface area contributed by atoms with E-state index in [1.54, 1.807) is 11.3 Å². The highest BCUT2D eigenvalue weighted by Gasteiger charge is 2.36. The zero-order valence-electron chi connectivity index (χ0n) is 8.57. The summed E-state index contributed by atoms with van der Waals surface area (Å²) in [5.74, 6) is -0.157. The van der Waals surface area contributed by atoms with Crippen molar-refractivity contribution >= 4 is 29.1 Å². The van der Waals surface area contributed by atoms with E-state index in [4.69, 9.17) is 4.74 Å². The van der Waals surface area contributed by atoms with Gasteiger partial charge in [-0.1, -0.05) is 6.07 Å². The van der Waals surface area contributed by atoms with Crippen LogP contribution in [0.1, 0.15) is 18.7 Å². The maximum atomic E-state index is 11.8. The van der Waals surface area contributed by atoms with Crippen molar-refractivity contribution in [1.29, 1.82) is 0 Å². The van der Waals surface area contributed by atoms with Crippen LogP contribution >= 0.6 is 23.1 Å². The summed E-state index contributed by atoms with van der Waals surface area (Å²) >= 11 is 3.10. The maximum Gasteiger partial charge on any atom is 0.327 e. The molecule has 0 N–H and O–H groups in total. The molecule has 0 aliphatic carbocycles. The monoisotopic (exact) mass is 230 g/mol. The quantitative estimate of drug-likeness (QED) is 0.744. The lowest BCUT2D eigenvalue weighted by Gasteiger charge is -2.23. The van der Waals surface area contributed by atoms with Crippen LogP contribution in [0.5, 0.6) is 0 Å². The SMILES string of the molecule is CCOC(=O)C(C)(SC)c1cccs1. The molecule has 2 nitrogen and oxygen atoms in total. The highest BCUT2D eigenvalue weighted by Crippen LogP contribution is 2.38. The Morgan fingerprint density at radius 1 is 1.71 bits per heavy atom. The van der Waals surface area contributed by atoms with E-state index in [1.165, 1.54) is 11.8 Å². The summed E-state index contributed by atoms with van der Waals surface area (Å²) in [6.45, 7) is 4.16. The Labute approximate surface area is 92.7 Å². The van der Waals surface area contributed by atoms with Crippen LogP contribution in [0, 0.1) is 0 Å². The summed E-state index contributed by atoms with van der Waals surface area (Å²) in [6, 6.07) is 3.92. The third kappa shape index (κ3) is 2.12. The summed E-state index contributed by atoms with van der Waals surface area (Å²) in [6.07, 6.45) is 1.93. The third-order valence-corrected chi connectivity index (χ3v) is 4.49. The van der Waals surface area contributed by atoms with Crippen LogP contribution in [0.2, 0.25) is 0 Å². The van der Waals surface area contributed by atoms with Crippen LogP contribution in [0.25, 0.3) is 0 Å². The smallest absolute Gasteiger partial charge is 0.327 e. The number of ether oxygens (including phenoxy) is 1. The van der Waals surface area contributed by atoms with Gasteiger partial charge in [-0.2, -0.15) is 0 Å². The minimum absolute atomic E-state index is 0.157. The van der Waals surface area contributed by atoms with Gasteiger partial charge in [0.2, 0.25) is 0 Å². The van der Waals surface area contributed by atoms with E-state index in [1.807, 2.05) is 37.6 Å².